The Morgan fingerprint density at radius 2 is 2.05 bits per heavy atom. The van der Waals surface area contributed by atoms with E-state index in [1.165, 1.54) is 17.5 Å². The first-order valence-electron chi connectivity index (χ1n) is 6.98. The third-order valence-electron chi connectivity index (χ3n) is 3.86. The van der Waals surface area contributed by atoms with Gasteiger partial charge in [-0.1, -0.05) is 26.7 Å². The zero-order valence-electron chi connectivity index (χ0n) is 12.3. The molecule has 0 amide bonds. The molecule has 1 aromatic heterocycles. The molecule has 0 saturated heterocycles. The van der Waals surface area contributed by atoms with Crippen LogP contribution in [0.1, 0.15) is 51.3 Å². The average Bonchev–Trinajstić information content (AvgIpc) is 2.97. The molecule has 0 aromatic carbocycles. The van der Waals surface area contributed by atoms with Crippen molar-refractivity contribution in [2.45, 2.75) is 56.1 Å². The minimum absolute atomic E-state index is 0.0882. The predicted molar refractivity (Wildman–Crippen MR) is 75.9 cm³/mol. The highest BCUT2D eigenvalue weighted by Gasteiger charge is 2.36. The molecule has 2 rings (SSSR count). The number of likely N-dealkylation sites (N-methyl/N-ethyl adjacent to an activating group) is 1. The summed E-state index contributed by atoms with van der Waals surface area (Å²) in [6, 6.07) is 0. The lowest BCUT2D eigenvalue weighted by Crippen LogP contribution is -2.42. The van der Waals surface area contributed by atoms with E-state index in [9.17, 15) is 13.5 Å². The number of aliphatic hydroxyl groups is 1. The van der Waals surface area contributed by atoms with Crippen LogP contribution in [0.3, 0.4) is 0 Å². The molecule has 0 spiro atoms. The molecule has 1 aliphatic carbocycles. The van der Waals surface area contributed by atoms with E-state index in [1.807, 2.05) is 13.8 Å². The molecule has 2 N–H and O–H groups in total. The Labute approximate surface area is 120 Å². The SMILES string of the molecule is CC(C)c1ncc(S(=O)(=O)N(C)CC2(O)CCCC2)[nH]1. The minimum Gasteiger partial charge on any atom is -0.389 e. The topological polar surface area (TPSA) is 86.3 Å². The second kappa shape index (κ2) is 5.46. The van der Waals surface area contributed by atoms with Crippen molar-refractivity contribution in [3.05, 3.63) is 12.0 Å². The number of H-pyrrole nitrogens is 1. The maximum atomic E-state index is 12.4. The molecular formula is C13H23N3O3S. The number of hydrogen-bond acceptors (Lipinski definition) is 4. The smallest absolute Gasteiger partial charge is 0.259 e. The standard InChI is InChI=1S/C13H23N3O3S/c1-10(2)12-14-8-11(15-12)20(18,19)16(3)9-13(17)6-4-5-7-13/h8,10,17H,4-7,9H2,1-3H3,(H,14,15). The fourth-order valence-corrected chi connectivity index (χ4v) is 3.77. The monoisotopic (exact) mass is 301 g/mol. The summed E-state index contributed by atoms with van der Waals surface area (Å²) in [4.78, 5) is 6.94. The van der Waals surface area contributed by atoms with Crippen molar-refractivity contribution in [1.82, 2.24) is 14.3 Å². The van der Waals surface area contributed by atoms with Crippen LogP contribution in [0.5, 0.6) is 0 Å². The van der Waals surface area contributed by atoms with Crippen molar-refractivity contribution in [2.24, 2.45) is 0 Å². The van der Waals surface area contributed by atoms with Crippen molar-refractivity contribution >= 4 is 10.0 Å². The molecule has 6 nitrogen and oxygen atoms in total. The first kappa shape index (κ1) is 15.5. The fourth-order valence-electron chi connectivity index (χ4n) is 2.60. The van der Waals surface area contributed by atoms with Gasteiger partial charge in [-0.3, -0.25) is 0 Å². The van der Waals surface area contributed by atoms with Gasteiger partial charge in [-0.15, -0.1) is 0 Å². The van der Waals surface area contributed by atoms with Gasteiger partial charge in [0.15, 0.2) is 5.03 Å². The van der Waals surface area contributed by atoms with Crippen molar-refractivity contribution in [3.63, 3.8) is 0 Å². The number of rotatable bonds is 5. The van der Waals surface area contributed by atoms with E-state index in [1.54, 1.807) is 0 Å². The lowest BCUT2D eigenvalue weighted by Gasteiger charge is -2.27. The summed E-state index contributed by atoms with van der Waals surface area (Å²) in [5.74, 6) is 0.792. The van der Waals surface area contributed by atoms with Gasteiger partial charge < -0.3 is 10.1 Å². The highest BCUT2D eigenvalue weighted by molar-refractivity contribution is 7.89. The van der Waals surface area contributed by atoms with Gasteiger partial charge >= 0.3 is 0 Å². The van der Waals surface area contributed by atoms with Gasteiger partial charge in [-0.05, 0) is 12.8 Å². The molecule has 1 fully saturated rings. The van der Waals surface area contributed by atoms with Crippen molar-refractivity contribution in [2.75, 3.05) is 13.6 Å². The average molecular weight is 301 g/mol. The van der Waals surface area contributed by atoms with Gasteiger partial charge in [0.2, 0.25) is 0 Å². The first-order chi connectivity index (χ1) is 9.24. The molecule has 0 radical (unpaired) electrons. The lowest BCUT2D eigenvalue weighted by atomic mass is 10.0. The Kier molecular flexibility index (Phi) is 4.22. The molecular weight excluding hydrogens is 278 g/mol. The predicted octanol–water partition coefficient (Wildman–Crippen LogP) is 1.46. The Balaban J connectivity index is 2.16. The second-order valence-corrected chi connectivity index (χ2v) is 7.99. The Morgan fingerprint density at radius 1 is 1.45 bits per heavy atom. The summed E-state index contributed by atoms with van der Waals surface area (Å²) < 4.78 is 26.1. The number of aromatic nitrogens is 2. The summed E-state index contributed by atoms with van der Waals surface area (Å²) in [5.41, 5.74) is -0.886. The normalized spacial score (nSPS) is 19.1. The summed E-state index contributed by atoms with van der Waals surface area (Å²) in [5, 5.41) is 10.4. The fraction of sp³-hybridized carbons (Fsp3) is 0.769. The summed E-state index contributed by atoms with van der Waals surface area (Å²) in [6.07, 6.45) is 4.57. The van der Waals surface area contributed by atoms with Crippen LogP contribution in [0.25, 0.3) is 0 Å². The molecule has 0 unspecified atom stereocenters. The zero-order chi connectivity index (χ0) is 15.0. The van der Waals surface area contributed by atoms with Gasteiger partial charge in [0, 0.05) is 19.5 Å². The van der Waals surface area contributed by atoms with Crippen molar-refractivity contribution < 1.29 is 13.5 Å². The second-order valence-electron chi connectivity index (χ2n) is 5.98. The van der Waals surface area contributed by atoms with Gasteiger partial charge in [0.25, 0.3) is 10.0 Å². The van der Waals surface area contributed by atoms with E-state index in [2.05, 4.69) is 9.97 Å². The maximum absolute atomic E-state index is 12.4. The number of hydrogen-bond donors (Lipinski definition) is 2. The molecule has 1 aromatic rings. The van der Waals surface area contributed by atoms with E-state index in [0.717, 1.165) is 12.8 Å². The molecule has 0 atom stereocenters. The van der Waals surface area contributed by atoms with Crippen LogP contribution < -0.4 is 0 Å². The van der Waals surface area contributed by atoms with Crippen LogP contribution in [0, 0.1) is 0 Å². The van der Waals surface area contributed by atoms with E-state index >= 15 is 0 Å². The van der Waals surface area contributed by atoms with Crippen LogP contribution in [0.4, 0.5) is 0 Å². The van der Waals surface area contributed by atoms with Crippen LogP contribution >= 0.6 is 0 Å². The lowest BCUT2D eigenvalue weighted by molar-refractivity contribution is 0.0333. The highest BCUT2D eigenvalue weighted by Crippen LogP contribution is 2.31. The first-order valence-corrected chi connectivity index (χ1v) is 8.42. The van der Waals surface area contributed by atoms with Gasteiger partial charge in [-0.25, -0.2) is 13.4 Å². The molecule has 114 valence electrons. The highest BCUT2D eigenvalue weighted by atomic mass is 32.2. The summed E-state index contributed by atoms with van der Waals surface area (Å²) >= 11 is 0. The number of nitrogens with zero attached hydrogens (tertiary/aromatic N) is 2. The van der Waals surface area contributed by atoms with Crippen LogP contribution in [-0.4, -0.2) is 47.0 Å². The molecule has 1 heterocycles. The van der Waals surface area contributed by atoms with E-state index in [4.69, 9.17) is 0 Å². The van der Waals surface area contributed by atoms with Crippen molar-refractivity contribution in [1.29, 1.82) is 0 Å². The number of aromatic amines is 1. The molecule has 0 bridgehead atoms. The third kappa shape index (κ3) is 3.05. The largest absolute Gasteiger partial charge is 0.389 e. The van der Waals surface area contributed by atoms with Crippen LogP contribution in [0.2, 0.25) is 0 Å². The quantitative estimate of drug-likeness (QED) is 0.862. The van der Waals surface area contributed by atoms with E-state index in [-0.39, 0.29) is 17.5 Å². The molecule has 0 aliphatic heterocycles. The van der Waals surface area contributed by atoms with Crippen molar-refractivity contribution in [3.8, 4) is 0 Å². The minimum atomic E-state index is -3.62. The maximum Gasteiger partial charge on any atom is 0.259 e. The van der Waals surface area contributed by atoms with E-state index < -0.39 is 15.6 Å². The summed E-state index contributed by atoms with van der Waals surface area (Å²) in [6.45, 7) is 4.02. The van der Waals surface area contributed by atoms with Crippen LogP contribution in [0.15, 0.2) is 11.2 Å². The van der Waals surface area contributed by atoms with Gasteiger partial charge in [0.1, 0.15) is 5.82 Å². The Morgan fingerprint density at radius 3 is 2.55 bits per heavy atom. The molecule has 7 heteroatoms. The molecule has 1 saturated carbocycles. The molecule has 1 aliphatic rings. The Hall–Kier alpha value is -0.920. The van der Waals surface area contributed by atoms with Gasteiger partial charge in [0.05, 0.1) is 11.8 Å². The van der Waals surface area contributed by atoms with Gasteiger partial charge in [-0.2, -0.15) is 4.31 Å². The number of nitrogens with one attached hydrogen (secondary N) is 1. The zero-order valence-corrected chi connectivity index (χ0v) is 13.1. The third-order valence-corrected chi connectivity index (χ3v) is 5.57. The molecule has 20 heavy (non-hydrogen) atoms. The Bertz CT molecular complexity index is 559. The number of imidazole rings is 1. The van der Waals surface area contributed by atoms with E-state index in [0.29, 0.717) is 18.7 Å². The van der Waals surface area contributed by atoms with Crippen LogP contribution in [-0.2, 0) is 10.0 Å². The number of sulfonamides is 1. The summed E-state index contributed by atoms with van der Waals surface area (Å²) in [7, 11) is -2.12.